The first-order valence-electron chi connectivity index (χ1n) is 8.05. The van der Waals surface area contributed by atoms with E-state index in [1.165, 1.54) is 43.0 Å². The highest BCUT2D eigenvalue weighted by atomic mass is 32.2. The number of amides is 1. The van der Waals surface area contributed by atoms with E-state index >= 15 is 0 Å². The van der Waals surface area contributed by atoms with Crippen LogP contribution >= 0.6 is 23.1 Å². The topological polar surface area (TPSA) is 51.0 Å². The number of rotatable bonds is 7. The molecule has 0 radical (unpaired) electrons. The fourth-order valence-electron chi connectivity index (χ4n) is 2.66. The van der Waals surface area contributed by atoms with Crippen molar-refractivity contribution in [3.8, 4) is 0 Å². The molecule has 0 aromatic carbocycles. The van der Waals surface area contributed by atoms with Crippen molar-refractivity contribution < 1.29 is 4.79 Å². The maximum absolute atomic E-state index is 12.3. The number of carbonyl (C=O) groups is 1. The lowest BCUT2D eigenvalue weighted by Gasteiger charge is -2.16. The minimum Gasteiger partial charge on any atom is -0.341 e. The summed E-state index contributed by atoms with van der Waals surface area (Å²) in [5.74, 6) is 2.32. The number of thiophene rings is 1. The molecule has 1 amide bonds. The van der Waals surface area contributed by atoms with Gasteiger partial charge in [-0.25, -0.2) is 0 Å². The molecule has 23 heavy (non-hydrogen) atoms. The van der Waals surface area contributed by atoms with Crippen molar-refractivity contribution in [2.24, 2.45) is 0 Å². The first-order chi connectivity index (χ1) is 11.2. The summed E-state index contributed by atoms with van der Waals surface area (Å²) in [7, 11) is 1.86. The van der Waals surface area contributed by atoms with Crippen molar-refractivity contribution in [2.75, 3.05) is 12.8 Å². The zero-order valence-electron chi connectivity index (χ0n) is 13.1. The summed E-state index contributed by atoms with van der Waals surface area (Å²) in [5, 5.41) is 13.8. The number of carbonyl (C=O) groups excluding carboxylic acids is 1. The molecular formula is C16H20N4OS2. The van der Waals surface area contributed by atoms with Crippen LogP contribution in [0.25, 0.3) is 0 Å². The van der Waals surface area contributed by atoms with Crippen LogP contribution in [0.4, 0.5) is 0 Å². The van der Waals surface area contributed by atoms with Gasteiger partial charge in [-0.05, 0) is 48.1 Å². The second-order valence-corrected chi connectivity index (χ2v) is 8.11. The fraction of sp³-hybridized carbons (Fsp3) is 0.562. The second kappa shape index (κ2) is 6.28. The Labute approximate surface area is 144 Å². The van der Waals surface area contributed by atoms with Crippen LogP contribution in [0.1, 0.15) is 49.0 Å². The predicted molar refractivity (Wildman–Crippen MR) is 91.8 cm³/mol. The van der Waals surface area contributed by atoms with Gasteiger partial charge in [0.15, 0.2) is 5.16 Å². The van der Waals surface area contributed by atoms with Crippen molar-refractivity contribution in [3.63, 3.8) is 0 Å². The first-order valence-corrected chi connectivity index (χ1v) is 9.98. The van der Waals surface area contributed by atoms with Gasteiger partial charge in [0.25, 0.3) is 0 Å². The van der Waals surface area contributed by atoms with E-state index in [9.17, 15) is 4.79 Å². The van der Waals surface area contributed by atoms with Crippen molar-refractivity contribution in [3.05, 3.63) is 28.2 Å². The third-order valence-corrected chi connectivity index (χ3v) is 5.96. The van der Waals surface area contributed by atoms with Gasteiger partial charge in [-0.2, -0.15) is 11.3 Å². The summed E-state index contributed by atoms with van der Waals surface area (Å²) in [6, 6.07) is 2.63. The minimum atomic E-state index is 0.138. The Hall–Kier alpha value is -1.34. The predicted octanol–water partition coefficient (Wildman–Crippen LogP) is 3.30. The van der Waals surface area contributed by atoms with Crippen molar-refractivity contribution in [1.82, 2.24) is 19.7 Å². The summed E-state index contributed by atoms with van der Waals surface area (Å²) in [6.45, 7) is 0.672. The molecule has 2 aromatic heterocycles. The van der Waals surface area contributed by atoms with Crippen LogP contribution in [-0.2, 0) is 11.3 Å². The Bertz CT molecular complexity index is 689. The normalized spacial score (nSPS) is 17.4. The van der Waals surface area contributed by atoms with E-state index in [2.05, 4.69) is 26.2 Å². The van der Waals surface area contributed by atoms with Gasteiger partial charge in [0, 0.05) is 25.6 Å². The highest BCUT2D eigenvalue weighted by Gasteiger charge is 2.36. The van der Waals surface area contributed by atoms with Gasteiger partial charge in [0.1, 0.15) is 5.82 Å². The molecule has 0 atom stereocenters. The van der Waals surface area contributed by atoms with E-state index in [1.807, 2.05) is 12.4 Å². The number of nitrogens with zero attached hydrogens (tertiary/aromatic N) is 4. The molecule has 5 nitrogen and oxygen atoms in total. The second-order valence-electron chi connectivity index (χ2n) is 6.39. The lowest BCUT2D eigenvalue weighted by Crippen LogP contribution is -2.27. The average Bonchev–Trinajstić information content (AvgIpc) is 3.48. The molecule has 4 rings (SSSR count). The summed E-state index contributed by atoms with van der Waals surface area (Å²) >= 11 is 3.19. The molecule has 0 aliphatic heterocycles. The lowest BCUT2D eigenvalue weighted by atomic mass is 10.3. The van der Waals surface area contributed by atoms with Gasteiger partial charge in [-0.15, -0.1) is 10.2 Å². The van der Waals surface area contributed by atoms with Crippen molar-refractivity contribution in [1.29, 1.82) is 0 Å². The SMILES string of the molecule is CN(Cc1ccsc1)C(=O)CSc1nnc(C2CC2)n1C1CC1. The lowest BCUT2D eigenvalue weighted by molar-refractivity contribution is -0.127. The van der Waals surface area contributed by atoms with E-state index in [4.69, 9.17) is 0 Å². The number of hydrogen-bond donors (Lipinski definition) is 0. The molecule has 2 aliphatic carbocycles. The summed E-state index contributed by atoms with van der Waals surface area (Å²) in [6.07, 6.45) is 4.91. The highest BCUT2D eigenvalue weighted by Crippen LogP contribution is 2.45. The van der Waals surface area contributed by atoms with Gasteiger partial charge < -0.3 is 9.47 Å². The van der Waals surface area contributed by atoms with Crippen LogP contribution < -0.4 is 0 Å². The molecule has 0 N–H and O–H groups in total. The van der Waals surface area contributed by atoms with Crippen molar-refractivity contribution in [2.45, 2.75) is 49.3 Å². The Morgan fingerprint density at radius 1 is 1.39 bits per heavy atom. The summed E-state index contributed by atoms with van der Waals surface area (Å²) in [4.78, 5) is 14.1. The van der Waals surface area contributed by atoms with Gasteiger partial charge in [0.2, 0.25) is 5.91 Å². The molecule has 2 saturated carbocycles. The zero-order chi connectivity index (χ0) is 15.8. The molecule has 2 aromatic rings. The Balaban J connectivity index is 1.38. The van der Waals surface area contributed by atoms with E-state index in [1.54, 1.807) is 16.2 Å². The molecule has 7 heteroatoms. The smallest absolute Gasteiger partial charge is 0.233 e. The Morgan fingerprint density at radius 3 is 2.87 bits per heavy atom. The van der Waals surface area contributed by atoms with Crippen LogP contribution in [0.3, 0.4) is 0 Å². The number of thioether (sulfide) groups is 1. The van der Waals surface area contributed by atoms with Crippen LogP contribution in [0, 0.1) is 0 Å². The quantitative estimate of drug-likeness (QED) is 0.721. The molecule has 0 bridgehead atoms. The average molecular weight is 348 g/mol. The number of aromatic nitrogens is 3. The third kappa shape index (κ3) is 3.45. The van der Waals surface area contributed by atoms with Gasteiger partial charge in [-0.3, -0.25) is 4.79 Å². The minimum absolute atomic E-state index is 0.138. The van der Waals surface area contributed by atoms with Crippen LogP contribution in [0.2, 0.25) is 0 Å². The monoisotopic (exact) mass is 348 g/mol. The van der Waals surface area contributed by atoms with E-state index in [0.717, 1.165) is 11.0 Å². The largest absolute Gasteiger partial charge is 0.341 e. The molecule has 0 spiro atoms. The Morgan fingerprint density at radius 2 is 2.22 bits per heavy atom. The van der Waals surface area contributed by atoms with Gasteiger partial charge >= 0.3 is 0 Å². The molecule has 2 aliphatic rings. The summed E-state index contributed by atoms with van der Waals surface area (Å²) in [5.41, 5.74) is 1.19. The van der Waals surface area contributed by atoms with E-state index in [-0.39, 0.29) is 5.91 Å². The molecule has 0 unspecified atom stereocenters. The maximum atomic E-state index is 12.3. The molecule has 2 heterocycles. The van der Waals surface area contributed by atoms with E-state index < -0.39 is 0 Å². The van der Waals surface area contributed by atoms with Gasteiger partial charge in [0.05, 0.1) is 5.75 Å². The zero-order valence-corrected chi connectivity index (χ0v) is 14.8. The maximum Gasteiger partial charge on any atom is 0.233 e. The van der Waals surface area contributed by atoms with Crippen LogP contribution in [0.5, 0.6) is 0 Å². The van der Waals surface area contributed by atoms with E-state index in [0.29, 0.717) is 24.3 Å². The van der Waals surface area contributed by atoms with Crippen molar-refractivity contribution >= 4 is 29.0 Å². The van der Waals surface area contributed by atoms with Gasteiger partial charge in [-0.1, -0.05) is 11.8 Å². The van der Waals surface area contributed by atoms with Crippen LogP contribution in [-0.4, -0.2) is 38.4 Å². The number of hydrogen-bond acceptors (Lipinski definition) is 5. The molecule has 122 valence electrons. The molecular weight excluding hydrogens is 328 g/mol. The Kier molecular flexibility index (Phi) is 4.15. The molecule has 0 saturated heterocycles. The fourth-order valence-corrected chi connectivity index (χ4v) is 4.28. The molecule has 2 fully saturated rings. The van der Waals surface area contributed by atoms with Crippen LogP contribution in [0.15, 0.2) is 22.0 Å². The summed E-state index contributed by atoms with van der Waals surface area (Å²) < 4.78 is 2.30. The highest BCUT2D eigenvalue weighted by molar-refractivity contribution is 7.99. The third-order valence-electron chi connectivity index (χ3n) is 4.30. The first kappa shape index (κ1) is 15.2. The standard InChI is InChI=1S/C16H20N4OS2/c1-19(8-11-6-7-22-9-11)14(21)10-23-16-18-17-15(12-2-3-12)20(16)13-4-5-13/h6-7,9,12-13H,2-5,8,10H2,1H3.